The van der Waals surface area contributed by atoms with E-state index in [4.69, 9.17) is 4.98 Å². The van der Waals surface area contributed by atoms with E-state index in [1.165, 1.54) is 0 Å². The number of aryl methyl sites for hydroxylation is 2. The fourth-order valence-corrected chi connectivity index (χ4v) is 4.19. The second-order valence-corrected chi connectivity index (χ2v) is 9.54. The lowest BCUT2D eigenvalue weighted by Crippen LogP contribution is -2.40. The summed E-state index contributed by atoms with van der Waals surface area (Å²) in [4.78, 5) is 34.8. The van der Waals surface area contributed by atoms with Crippen molar-refractivity contribution in [1.29, 1.82) is 0 Å². The number of imidazole rings is 1. The maximum absolute atomic E-state index is 13.0. The number of carbonyl (C=O) groups excluding carboxylic acids is 1. The molecule has 1 aliphatic heterocycles. The summed E-state index contributed by atoms with van der Waals surface area (Å²) in [6.45, 7) is 11.4. The summed E-state index contributed by atoms with van der Waals surface area (Å²) < 4.78 is 2.10. The van der Waals surface area contributed by atoms with Crippen molar-refractivity contribution >= 4 is 17.4 Å². The minimum Gasteiger partial charge on any atom is -0.365 e. The van der Waals surface area contributed by atoms with Crippen LogP contribution in [0.3, 0.4) is 0 Å². The van der Waals surface area contributed by atoms with Crippen LogP contribution in [-0.4, -0.2) is 43.8 Å². The zero-order valence-corrected chi connectivity index (χ0v) is 19.0. The number of rotatable bonds is 3. The third-order valence-corrected chi connectivity index (χ3v) is 5.95. The van der Waals surface area contributed by atoms with Gasteiger partial charge in [-0.1, -0.05) is 6.07 Å². The molecule has 0 atom stereocenters. The number of likely N-dealkylation sites (tertiary alicyclic amines) is 1. The summed E-state index contributed by atoms with van der Waals surface area (Å²) >= 11 is 0. The van der Waals surface area contributed by atoms with Crippen molar-refractivity contribution in [2.45, 2.75) is 58.9 Å². The van der Waals surface area contributed by atoms with Gasteiger partial charge >= 0.3 is 0 Å². The molecule has 0 saturated carbocycles. The van der Waals surface area contributed by atoms with Crippen molar-refractivity contribution in [3.05, 3.63) is 63.3 Å². The van der Waals surface area contributed by atoms with Crippen LogP contribution in [0.4, 0.5) is 5.82 Å². The van der Waals surface area contributed by atoms with E-state index in [1.54, 1.807) is 11.0 Å². The Morgan fingerprint density at radius 2 is 1.90 bits per heavy atom. The first-order valence-corrected chi connectivity index (χ1v) is 10.9. The highest BCUT2D eigenvalue weighted by molar-refractivity contribution is 5.94. The molecule has 0 unspecified atom stereocenters. The number of carbonyl (C=O) groups is 1. The average Bonchev–Trinajstić information content (AvgIpc) is 3.07. The summed E-state index contributed by atoms with van der Waals surface area (Å²) in [6, 6.07) is 7.72. The smallest absolute Gasteiger partial charge is 0.261 e. The number of hydrogen-bond donors (Lipinski definition) is 2. The number of amides is 1. The lowest BCUT2D eigenvalue weighted by molar-refractivity contribution is 0.0710. The Morgan fingerprint density at radius 3 is 2.58 bits per heavy atom. The lowest BCUT2D eigenvalue weighted by Gasteiger charge is -2.32. The molecule has 7 heteroatoms. The molecule has 7 nitrogen and oxygen atoms in total. The Morgan fingerprint density at radius 1 is 1.19 bits per heavy atom. The molecule has 3 aromatic rings. The van der Waals surface area contributed by atoms with E-state index in [2.05, 4.69) is 35.5 Å². The first kappa shape index (κ1) is 21.2. The number of aromatic amines is 1. The van der Waals surface area contributed by atoms with E-state index in [0.717, 1.165) is 41.3 Å². The highest BCUT2D eigenvalue weighted by Gasteiger charge is 2.30. The van der Waals surface area contributed by atoms with Gasteiger partial charge < -0.3 is 15.2 Å². The minimum absolute atomic E-state index is 0.0957. The van der Waals surface area contributed by atoms with Gasteiger partial charge in [0.05, 0.1) is 5.69 Å². The second kappa shape index (κ2) is 7.87. The predicted octanol–water partition coefficient (Wildman–Crippen LogP) is 3.87. The first-order chi connectivity index (χ1) is 14.6. The molecule has 0 aromatic carbocycles. The van der Waals surface area contributed by atoms with Gasteiger partial charge in [-0.15, -0.1) is 0 Å². The van der Waals surface area contributed by atoms with E-state index < -0.39 is 0 Å². The van der Waals surface area contributed by atoms with Crippen molar-refractivity contribution in [1.82, 2.24) is 19.3 Å². The number of piperidine rings is 1. The Labute approximate surface area is 182 Å². The van der Waals surface area contributed by atoms with Gasteiger partial charge in [-0.2, -0.15) is 0 Å². The maximum atomic E-state index is 13.0. The lowest BCUT2D eigenvalue weighted by atomic mass is 9.92. The summed E-state index contributed by atoms with van der Waals surface area (Å²) in [7, 11) is 0. The van der Waals surface area contributed by atoms with Gasteiger partial charge in [0.2, 0.25) is 0 Å². The summed E-state index contributed by atoms with van der Waals surface area (Å²) in [5, 5.41) is 3.62. The standard InChI is InChI=1S/C24H31N5O2/c1-15-14-18(22(30)25-16(15)2)23(31)28-12-9-17(10-13-28)20-21(27-24(3,4)5)29-11-7-6-8-19(29)26-20/h6-8,11,14,17,27H,9-10,12-13H2,1-5H3,(H,25,30). The number of nitrogens with zero attached hydrogens (tertiary/aromatic N) is 3. The Hall–Kier alpha value is -3.09. The van der Waals surface area contributed by atoms with Crippen LogP contribution in [0.2, 0.25) is 0 Å². The largest absolute Gasteiger partial charge is 0.365 e. The van der Waals surface area contributed by atoms with Crippen LogP contribution in [0.1, 0.15) is 66.8 Å². The number of aromatic nitrogens is 3. The van der Waals surface area contributed by atoms with Crippen LogP contribution in [-0.2, 0) is 0 Å². The molecule has 0 aliphatic carbocycles. The van der Waals surface area contributed by atoms with E-state index in [1.807, 2.05) is 38.2 Å². The van der Waals surface area contributed by atoms with Crippen LogP contribution < -0.4 is 10.9 Å². The topological polar surface area (TPSA) is 82.5 Å². The van der Waals surface area contributed by atoms with Gasteiger partial charge in [-0.05, 0) is 71.2 Å². The SMILES string of the molecule is Cc1cc(C(=O)N2CCC(c3nc4ccccn4c3NC(C)(C)C)CC2)c(=O)[nH]c1C. The van der Waals surface area contributed by atoms with Crippen molar-refractivity contribution in [3.8, 4) is 0 Å². The van der Waals surface area contributed by atoms with Crippen molar-refractivity contribution in [3.63, 3.8) is 0 Å². The van der Waals surface area contributed by atoms with E-state index in [9.17, 15) is 9.59 Å². The molecule has 4 rings (SSSR count). The normalized spacial score (nSPS) is 15.5. The van der Waals surface area contributed by atoms with E-state index in [0.29, 0.717) is 13.1 Å². The monoisotopic (exact) mass is 421 g/mol. The maximum Gasteiger partial charge on any atom is 0.261 e. The number of anilines is 1. The number of H-pyrrole nitrogens is 1. The molecule has 1 amide bonds. The fraction of sp³-hybridized carbons (Fsp3) is 0.458. The van der Waals surface area contributed by atoms with Crippen LogP contribution in [0.25, 0.3) is 5.65 Å². The molecule has 0 bridgehead atoms. The van der Waals surface area contributed by atoms with Crippen LogP contribution >= 0.6 is 0 Å². The van der Waals surface area contributed by atoms with Crippen molar-refractivity contribution in [2.24, 2.45) is 0 Å². The van der Waals surface area contributed by atoms with Crippen LogP contribution in [0, 0.1) is 13.8 Å². The zero-order chi connectivity index (χ0) is 22.3. The Kier molecular flexibility index (Phi) is 5.37. The fourth-order valence-electron chi connectivity index (χ4n) is 4.19. The molecule has 1 saturated heterocycles. The van der Waals surface area contributed by atoms with Gasteiger partial charge in [0.15, 0.2) is 0 Å². The number of pyridine rings is 2. The summed E-state index contributed by atoms with van der Waals surface area (Å²) in [5.74, 6) is 1.09. The van der Waals surface area contributed by atoms with Crippen LogP contribution in [0.15, 0.2) is 35.3 Å². The average molecular weight is 422 g/mol. The number of nitrogens with one attached hydrogen (secondary N) is 2. The first-order valence-electron chi connectivity index (χ1n) is 10.9. The minimum atomic E-state index is -0.313. The molecule has 31 heavy (non-hydrogen) atoms. The van der Waals surface area contributed by atoms with Crippen molar-refractivity contribution in [2.75, 3.05) is 18.4 Å². The van der Waals surface area contributed by atoms with Gasteiger partial charge in [-0.25, -0.2) is 4.98 Å². The summed E-state index contributed by atoms with van der Waals surface area (Å²) in [5.41, 5.74) is 3.51. The molecular weight excluding hydrogens is 390 g/mol. The number of fused-ring (bicyclic) bond motifs is 1. The van der Waals surface area contributed by atoms with E-state index in [-0.39, 0.29) is 28.5 Å². The molecule has 164 valence electrons. The zero-order valence-electron chi connectivity index (χ0n) is 19.0. The van der Waals surface area contributed by atoms with Crippen molar-refractivity contribution < 1.29 is 4.79 Å². The molecule has 2 N–H and O–H groups in total. The Balaban J connectivity index is 1.56. The van der Waals surface area contributed by atoms with E-state index >= 15 is 0 Å². The third-order valence-electron chi connectivity index (χ3n) is 5.95. The highest BCUT2D eigenvalue weighted by atomic mass is 16.2. The van der Waals surface area contributed by atoms with Gasteiger partial charge in [-0.3, -0.25) is 14.0 Å². The second-order valence-electron chi connectivity index (χ2n) is 9.54. The van der Waals surface area contributed by atoms with Gasteiger partial charge in [0.1, 0.15) is 17.0 Å². The van der Waals surface area contributed by atoms with Gasteiger partial charge in [0, 0.05) is 36.4 Å². The quantitative estimate of drug-likeness (QED) is 0.673. The molecule has 0 spiro atoms. The molecule has 4 heterocycles. The van der Waals surface area contributed by atoms with Gasteiger partial charge in [0.25, 0.3) is 11.5 Å². The highest BCUT2D eigenvalue weighted by Crippen LogP contribution is 2.34. The van der Waals surface area contributed by atoms with Crippen LogP contribution in [0.5, 0.6) is 0 Å². The molecule has 1 aliphatic rings. The molecule has 0 radical (unpaired) electrons. The molecule has 1 fully saturated rings. The predicted molar refractivity (Wildman–Crippen MR) is 123 cm³/mol. The molecule has 3 aromatic heterocycles. The molecular formula is C24H31N5O2. The number of hydrogen-bond acceptors (Lipinski definition) is 4. The Bertz CT molecular complexity index is 1180. The summed E-state index contributed by atoms with van der Waals surface area (Å²) in [6.07, 6.45) is 3.67. The third kappa shape index (κ3) is 4.22.